The average Bonchev–Trinajstić information content (AvgIpc) is 3.36. The summed E-state index contributed by atoms with van der Waals surface area (Å²) < 4.78 is 12.5. The molecule has 0 radical (unpaired) electrons. The Morgan fingerprint density at radius 3 is 2.96 bits per heavy atom. The van der Waals surface area contributed by atoms with Gasteiger partial charge in [0.15, 0.2) is 5.76 Å². The molecule has 8 nitrogen and oxygen atoms in total. The Hall–Kier alpha value is -2.45. The maximum atomic E-state index is 11.1. The van der Waals surface area contributed by atoms with Crippen LogP contribution in [0.5, 0.6) is 0 Å². The van der Waals surface area contributed by atoms with Crippen LogP contribution in [0.4, 0.5) is 0 Å². The number of hydrogen-bond acceptors (Lipinski definition) is 7. The number of nitrogens with zero attached hydrogens (tertiary/aromatic N) is 5. The van der Waals surface area contributed by atoms with Crippen LogP contribution < -0.4 is 0 Å². The number of furan rings is 1. The summed E-state index contributed by atoms with van der Waals surface area (Å²) in [6, 6.07) is 5.74. The van der Waals surface area contributed by atoms with Gasteiger partial charge < -0.3 is 14.0 Å². The van der Waals surface area contributed by atoms with E-state index in [1.165, 1.54) is 0 Å². The number of rotatable bonds is 5. The normalized spacial score (nSPS) is 21.5. The van der Waals surface area contributed by atoms with E-state index in [-0.39, 0.29) is 6.04 Å². The van der Waals surface area contributed by atoms with E-state index >= 15 is 0 Å². The van der Waals surface area contributed by atoms with Gasteiger partial charge in [0.1, 0.15) is 11.3 Å². The molecule has 138 valence electrons. The van der Waals surface area contributed by atoms with Gasteiger partial charge in [-0.2, -0.15) is 0 Å². The SMILES string of the molecule is CC(C)n1cc([C@@]2(O)CCCN(Cc3cc(-c4ccco4)on3)C2)nn1. The molecule has 0 amide bonds. The Balaban J connectivity index is 1.46. The Bertz CT molecular complexity index is 854. The molecule has 8 heteroatoms. The molecule has 0 bridgehead atoms. The molecule has 1 aliphatic heterocycles. The largest absolute Gasteiger partial charge is 0.461 e. The molecule has 0 aliphatic carbocycles. The second kappa shape index (κ2) is 6.69. The van der Waals surface area contributed by atoms with Gasteiger partial charge in [0.25, 0.3) is 0 Å². The first-order valence-corrected chi connectivity index (χ1v) is 8.90. The molecular weight excluding hydrogens is 334 g/mol. The minimum absolute atomic E-state index is 0.217. The second-order valence-electron chi connectivity index (χ2n) is 7.18. The molecule has 26 heavy (non-hydrogen) atoms. The van der Waals surface area contributed by atoms with Crippen molar-refractivity contribution in [2.24, 2.45) is 0 Å². The van der Waals surface area contributed by atoms with E-state index in [9.17, 15) is 5.11 Å². The first kappa shape index (κ1) is 17.0. The summed E-state index contributed by atoms with van der Waals surface area (Å²) in [5.41, 5.74) is 0.456. The highest BCUT2D eigenvalue weighted by atomic mass is 16.5. The van der Waals surface area contributed by atoms with E-state index in [4.69, 9.17) is 8.94 Å². The smallest absolute Gasteiger partial charge is 0.202 e. The van der Waals surface area contributed by atoms with Gasteiger partial charge in [-0.1, -0.05) is 10.4 Å². The number of likely N-dealkylation sites (tertiary alicyclic amines) is 1. The van der Waals surface area contributed by atoms with Gasteiger partial charge >= 0.3 is 0 Å². The number of piperidine rings is 1. The van der Waals surface area contributed by atoms with Gasteiger partial charge in [-0.25, -0.2) is 4.68 Å². The van der Waals surface area contributed by atoms with Crippen molar-refractivity contribution in [3.8, 4) is 11.5 Å². The van der Waals surface area contributed by atoms with Crippen molar-refractivity contribution in [3.05, 3.63) is 42.0 Å². The molecule has 0 unspecified atom stereocenters. The van der Waals surface area contributed by atoms with E-state index < -0.39 is 5.60 Å². The molecule has 1 fully saturated rings. The zero-order chi connectivity index (χ0) is 18.1. The van der Waals surface area contributed by atoms with Crippen molar-refractivity contribution in [2.45, 2.75) is 44.9 Å². The molecule has 1 N–H and O–H groups in total. The summed E-state index contributed by atoms with van der Waals surface area (Å²) >= 11 is 0. The van der Waals surface area contributed by atoms with Crippen molar-refractivity contribution in [2.75, 3.05) is 13.1 Å². The molecule has 0 saturated carbocycles. The summed E-state index contributed by atoms with van der Waals surface area (Å²) in [5.74, 6) is 1.27. The molecule has 4 rings (SSSR count). The Labute approximate surface area is 151 Å². The Morgan fingerprint density at radius 1 is 1.35 bits per heavy atom. The van der Waals surface area contributed by atoms with Crippen molar-refractivity contribution < 1.29 is 14.0 Å². The van der Waals surface area contributed by atoms with Crippen molar-refractivity contribution in [1.29, 1.82) is 0 Å². The first-order chi connectivity index (χ1) is 12.5. The van der Waals surface area contributed by atoms with Crippen LogP contribution in [-0.2, 0) is 12.1 Å². The predicted octanol–water partition coefficient (Wildman–Crippen LogP) is 2.59. The van der Waals surface area contributed by atoms with Crippen LogP contribution in [0.25, 0.3) is 11.5 Å². The standard InChI is InChI=1S/C18H23N5O3/c1-13(2)23-11-17(19-21-23)18(24)6-4-7-22(12-18)10-14-9-16(26-20-14)15-5-3-8-25-15/h3,5,8-9,11,13,24H,4,6-7,10,12H2,1-2H3/t18-/m1/s1. The Kier molecular flexibility index (Phi) is 4.37. The Morgan fingerprint density at radius 2 is 2.23 bits per heavy atom. The summed E-state index contributed by atoms with van der Waals surface area (Å²) in [4.78, 5) is 2.17. The summed E-state index contributed by atoms with van der Waals surface area (Å²) in [7, 11) is 0. The lowest BCUT2D eigenvalue weighted by molar-refractivity contribution is -0.0419. The van der Waals surface area contributed by atoms with Crippen LogP contribution >= 0.6 is 0 Å². The van der Waals surface area contributed by atoms with Gasteiger partial charge in [0.2, 0.25) is 5.76 Å². The predicted molar refractivity (Wildman–Crippen MR) is 93.0 cm³/mol. The number of hydrogen-bond donors (Lipinski definition) is 1. The highest BCUT2D eigenvalue weighted by Crippen LogP contribution is 2.31. The fourth-order valence-electron chi connectivity index (χ4n) is 3.36. The minimum Gasteiger partial charge on any atom is -0.461 e. The summed E-state index contributed by atoms with van der Waals surface area (Å²) in [5, 5.41) is 23.6. The fourth-order valence-corrected chi connectivity index (χ4v) is 3.36. The van der Waals surface area contributed by atoms with Gasteiger partial charge in [0.05, 0.1) is 18.2 Å². The lowest BCUT2D eigenvalue weighted by atomic mass is 9.90. The molecule has 0 spiro atoms. The summed E-state index contributed by atoms with van der Waals surface area (Å²) in [6.45, 7) is 6.06. The lowest BCUT2D eigenvalue weighted by Crippen LogP contribution is -2.46. The molecule has 4 heterocycles. The maximum Gasteiger partial charge on any atom is 0.202 e. The third kappa shape index (κ3) is 3.30. The average molecular weight is 357 g/mol. The molecule has 1 atom stereocenters. The first-order valence-electron chi connectivity index (χ1n) is 8.90. The van der Waals surface area contributed by atoms with Crippen LogP contribution in [0, 0.1) is 0 Å². The highest BCUT2D eigenvalue weighted by Gasteiger charge is 2.37. The van der Waals surface area contributed by atoms with E-state index in [0.29, 0.717) is 36.7 Å². The minimum atomic E-state index is -0.987. The zero-order valence-electron chi connectivity index (χ0n) is 15.0. The van der Waals surface area contributed by atoms with E-state index in [0.717, 1.165) is 18.7 Å². The van der Waals surface area contributed by atoms with Gasteiger partial charge in [-0.05, 0) is 45.4 Å². The number of aliphatic hydroxyl groups is 1. The quantitative estimate of drug-likeness (QED) is 0.750. The molecule has 0 aromatic carbocycles. The third-order valence-corrected chi connectivity index (χ3v) is 4.77. The van der Waals surface area contributed by atoms with Crippen molar-refractivity contribution in [3.63, 3.8) is 0 Å². The molecule has 1 saturated heterocycles. The van der Waals surface area contributed by atoms with Crippen LogP contribution in [0.2, 0.25) is 0 Å². The third-order valence-electron chi connectivity index (χ3n) is 4.77. The molecule has 1 aliphatic rings. The van der Waals surface area contributed by atoms with Crippen LogP contribution in [0.3, 0.4) is 0 Å². The van der Waals surface area contributed by atoms with Crippen LogP contribution in [-0.4, -0.2) is 43.2 Å². The summed E-state index contributed by atoms with van der Waals surface area (Å²) in [6.07, 6.45) is 5.01. The van der Waals surface area contributed by atoms with Crippen molar-refractivity contribution in [1.82, 2.24) is 25.1 Å². The van der Waals surface area contributed by atoms with Gasteiger partial charge in [-0.15, -0.1) is 5.10 Å². The fraction of sp³-hybridized carbons (Fsp3) is 0.500. The lowest BCUT2D eigenvalue weighted by Gasteiger charge is -2.37. The maximum absolute atomic E-state index is 11.1. The van der Waals surface area contributed by atoms with Crippen LogP contribution in [0.15, 0.2) is 39.6 Å². The van der Waals surface area contributed by atoms with Gasteiger partial charge in [0, 0.05) is 25.2 Å². The van der Waals surface area contributed by atoms with E-state index in [1.54, 1.807) is 10.9 Å². The molecule has 3 aromatic rings. The second-order valence-corrected chi connectivity index (χ2v) is 7.18. The van der Waals surface area contributed by atoms with E-state index in [1.807, 2.05) is 38.2 Å². The monoisotopic (exact) mass is 357 g/mol. The van der Waals surface area contributed by atoms with Crippen LogP contribution in [0.1, 0.15) is 44.1 Å². The number of aromatic nitrogens is 4. The topological polar surface area (TPSA) is 93.3 Å². The van der Waals surface area contributed by atoms with Crippen molar-refractivity contribution >= 4 is 0 Å². The molecular formula is C18H23N5O3. The van der Waals surface area contributed by atoms with E-state index in [2.05, 4.69) is 20.4 Å². The number of β-amino-alcohol motifs (C(OH)–C–C–N with tert-alkyl or cyclic N) is 1. The highest BCUT2D eigenvalue weighted by molar-refractivity contribution is 5.49. The van der Waals surface area contributed by atoms with Gasteiger partial charge in [-0.3, -0.25) is 4.90 Å². The molecule has 3 aromatic heterocycles. The zero-order valence-corrected chi connectivity index (χ0v) is 15.0.